The normalized spacial score (nSPS) is 11.7. The lowest BCUT2D eigenvalue weighted by atomic mass is 10.2. The Morgan fingerprint density at radius 3 is 2.91 bits per heavy atom. The smallest absolute Gasteiger partial charge is 0.235 e. The van der Waals surface area contributed by atoms with E-state index in [9.17, 15) is 4.39 Å². The van der Waals surface area contributed by atoms with Crippen LogP contribution in [0.1, 0.15) is 10.8 Å². The van der Waals surface area contributed by atoms with E-state index in [0.29, 0.717) is 16.3 Å². The Morgan fingerprint density at radius 1 is 1.14 bits per heavy atom. The lowest BCUT2D eigenvalue weighted by Gasteiger charge is -1.96. The second-order valence-electron chi connectivity index (χ2n) is 4.52. The van der Waals surface area contributed by atoms with Crippen molar-refractivity contribution in [1.29, 1.82) is 0 Å². The molecule has 7 heteroatoms. The van der Waals surface area contributed by atoms with Gasteiger partial charge in [0.1, 0.15) is 16.6 Å². The zero-order valence-electron chi connectivity index (χ0n) is 11.2. The zero-order chi connectivity index (χ0) is 14.9. The average molecular weight is 312 g/mol. The maximum absolute atomic E-state index is 13.3. The second-order valence-corrected chi connectivity index (χ2v) is 5.50. The van der Waals surface area contributed by atoms with Gasteiger partial charge in [-0.3, -0.25) is 0 Å². The van der Waals surface area contributed by atoms with Crippen LogP contribution in [-0.4, -0.2) is 19.8 Å². The monoisotopic (exact) mass is 312 g/mol. The van der Waals surface area contributed by atoms with E-state index in [1.165, 1.54) is 23.5 Å². The summed E-state index contributed by atoms with van der Waals surface area (Å²) >= 11 is 1.39. The Morgan fingerprint density at radius 2 is 2.09 bits per heavy atom. The Hall–Kier alpha value is -2.80. The Labute approximate surface area is 128 Å². The van der Waals surface area contributed by atoms with E-state index in [0.717, 1.165) is 10.8 Å². The van der Waals surface area contributed by atoms with E-state index in [1.807, 2.05) is 24.3 Å². The van der Waals surface area contributed by atoms with E-state index in [-0.39, 0.29) is 5.82 Å². The molecule has 0 aliphatic carbocycles. The van der Waals surface area contributed by atoms with Crippen molar-refractivity contribution >= 4 is 28.4 Å². The molecule has 0 radical (unpaired) electrons. The van der Waals surface area contributed by atoms with Crippen molar-refractivity contribution in [1.82, 2.24) is 19.8 Å². The minimum absolute atomic E-state index is 0.317. The number of nitrogens with zero attached hydrogens (tertiary/aromatic N) is 4. The average Bonchev–Trinajstić information content (AvgIpc) is 3.22. The molecule has 0 unspecified atom stereocenters. The number of benzene rings is 1. The summed E-state index contributed by atoms with van der Waals surface area (Å²) in [5.41, 5.74) is 0.638. The molecule has 4 aromatic rings. The number of hydrogen-bond donors (Lipinski definition) is 0. The fourth-order valence-corrected chi connectivity index (χ4v) is 2.79. The molecule has 0 aliphatic heterocycles. The molecule has 0 bridgehead atoms. The summed E-state index contributed by atoms with van der Waals surface area (Å²) in [7, 11) is 0. The Balaban J connectivity index is 1.73. The molecule has 5 nitrogen and oxygen atoms in total. The van der Waals surface area contributed by atoms with Crippen molar-refractivity contribution in [2.45, 2.75) is 0 Å². The van der Waals surface area contributed by atoms with Gasteiger partial charge in [-0.1, -0.05) is 23.5 Å². The van der Waals surface area contributed by atoms with Gasteiger partial charge >= 0.3 is 0 Å². The van der Waals surface area contributed by atoms with Crippen molar-refractivity contribution in [3.63, 3.8) is 0 Å². The third-order valence-corrected chi connectivity index (χ3v) is 3.89. The van der Waals surface area contributed by atoms with Crippen LogP contribution < -0.4 is 0 Å². The van der Waals surface area contributed by atoms with Crippen molar-refractivity contribution in [2.24, 2.45) is 0 Å². The fourth-order valence-electron chi connectivity index (χ4n) is 2.05. The first-order valence-corrected chi connectivity index (χ1v) is 7.31. The van der Waals surface area contributed by atoms with Crippen LogP contribution in [0.2, 0.25) is 0 Å². The van der Waals surface area contributed by atoms with Crippen LogP contribution in [0, 0.1) is 5.82 Å². The number of rotatable bonds is 3. The first-order chi connectivity index (χ1) is 10.8. The van der Waals surface area contributed by atoms with Crippen molar-refractivity contribution in [3.8, 4) is 11.4 Å². The third-order valence-electron chi connectivity index (χ3n) is 3.02. The van der Waals surface area contributed by atoms with Crippen LogP contribution >= 0.6 is 11.3 Å². The van der Waals surface area contributed by atoms with Gasteiger partial charge in [0.05, 0.1) is 6.26 Å². The second kappa shape index (κ2) is 5.19. The number of hydrogen-bond acceptors (Lipinski definition) is 5. The molecule has 0 amide bonds. The highest BCUT2D eigenvalue weighted by Crippen LogP contribution is 2.23. The molecule has 0 N–H and O–H groups in total. The van der Waals surface area contributed by atoms with Crippen LogP contribution in [0.3, 0.4) is 0 Å². The van der Waals surface area contributed by atoms with Crippen LogP contribution in [0.25, 0.3) is 28.5 Å². The van der Waals surface area contributed by atoms with Crippen LogP contribution in [-0.2, 0) is 0 Å². The Kier molecular flexibility index (Phi) is 3.05. The highest BCUT2D eigenvalue weighted by Gasteiger charge is 2.12. The van der Waals surface area contributed by atoms with Gasteiger partial charge in [0.15, 0.2) is 5.82 Å². The van der Waals surface area contributed by atoms with E-state index >= 15 is 0 Å². The molecule has 3 aromatic heterocycles. The highest BCUT2D eigenvalue weighted by molar-refractivity contribution is 7.17. The zero-order valence-corrected chi connectivity index (χ0v) is 12.0. The van der Waals surface area contributed by atoms with Crippen molar-refractivity contribution in [2.75, 3.05) is 0 Å². The van der Waals surface area contributed by atoms with Gasteiger partial charge in [-0.25, -0.2) is 4.39 Å². The van der Waals surface area contributed by atoms with Gasteiger partial charge in [0.2, 0.25) is 4.96 Å². The molecular weight excluding hydrogens is 303 g/mol. The number of fused-ring (bicyclic) bond motifs is 1. The summed E-state index contributed by atoms with van der Waals surface area (Å²) in [4.78, 5) is 0.651. The first kappa shape index (κ1) is 12.9. The maximum atomic E-state index is 13.3. The van der Waals surface area contributed by atoms with Crippen LogP contribution in [0.15, 0.2) is 47.1 Å². The quantitative estimate of drug-likeness (QED) is 0.578. The molecular formula is C15H9FN4OS. The maximum Gasteiger partial charge on any atom is 0.235 e. The molecule has 3 heterocycles. The minimum atomic E-state index is -0.317. The third kappa shape index (κ3) is 2.31. The van der Waals surface area contributed by atoms with Crippen LogP contribution in [0.4, 0.5) is 4.39 Å². The van der Waals surface area contributed by atoms with E-state index in [1.54, 1.807) is 22.9 Å². The van der Waals surface area contributed by atoms with Crippen molar-refractivity contribution < 1.29 is 8.81 Å². The summed E-state index contributed by atoms with van der Waals surface area (Å²) in [6.45, 7) is 0. The van der Waals surface area contributed by atoms with Gasteiger partial charge < -0.3 is 4.42 Å². The molecule has 4 rings (SSSR count). The van der Waals surface area contributed by atoms with E-state index in [4.69, 9.17) is 4.42 Å². The number of halogens is 1. The predicted octanol–water partition coefficient (Wildman–Crippen LogP) is 3.76. The lowest BCUT2D eigenvalue weighted by molar-refractivity contribution is 0.557. The summed E-state index contributed by atoms with van der Waals surface area (Å²) in [5.74, 6) is 0.946. The van der Waals surface area contributed by atoms with Crippen molar-refractivity contribution in [3.05, 3.63) is 59.2 Å². The molecule has 0 atom stereocenters. The standard InChI is InChI=1S/C15H9FN4OS/c16-11-4-1-3-10(9-11)14-17-18-15-20(14)19-13(22-15)7-6-12-5-2-8-21-12/h1-9H. The van der Waals surface area contributed by atoms with Gasteiger partial charge in [-0.15, -0.1) is 10.2 Å². The van der Waals surface area contributed by atoms with Gasteiger partial charge in [0, 0.05) is 5.56 Å². The molecule has 0 spiro atoms. The largest absolute Gasteiger partial charge is 0.465 e. The number of aromatic nitrogens is 4. The first-order valence-electron chi connectivity index (χ1n) is 6.49. The molecule has 108 valence electrons. The molecule has 1 aromatic carbocycles. The summed E-state index contributed by atoms with van der Waals surface area (Å²) in [6.07, 6.45) is 5.28. The van der Waals surface area contributed by atoms with Gasteiger partial charge in [-0.05, 0) is 36.4 Å². The summed E-state index contributed by atoms with van der Waals surface area (Å²) in [5, 5.41) is 13.3. The molecule has 22 heavy (non-hydrogen) atoms. The van der Waals surface area contributed by atoms with Crippen LogP contribution in [0.5, 0.6) is 0 Å². The summed E-state index contributed by atoms with van der Waals surface area (Å²) in [6, 6.07) is 9.89. The Bertz CT molecular complexity index is 955. The molecule has 0 fully saturated rings. The van der Waals surface area contributed by atoms with E-state index < -0.39 is 0 Å². The summed E-state index contributed by atoms with van der Waals surface area (Å²) < 4.78 is 20.2. The lowest BCUT2D eigenvalue weighted by Crippen LogP contribution is -1.91. The topological polar surface area (TPSA) is 56.2 Å². The SMILES string of the molecule is Fc1cccc(-c2nnc3sc(C=Cc4ccco4)nn23)c1. The molecule has 0 saturated carbocycles. The van der Waals surface area contributed by atoms with Gasteiger partial charge in [-0.2, -0.15) is 9.61 Å². The predicted molar refractivity (Wildman–Crippen MR) is 81.7 cm³/mol. The van der Waals surface area contributed by atoms with E-state index in [2.05, 4.69) is 15.3 Å². The fraction of sp³-hybridized carbons (Fsp3) is 0. The molecule has 0 saturated heterocycles. The minimum Gasteiger partial charge on any atom is -0.465 e. The van der Waals surface area contributed by atoms with Gasteiger partial charge in [0.25, 0.3) is 0 Å². The number of furan rings is 1. The highest BCUT2D eigenvalue weighted by atomic mass is 32.1. The molecule has 0 aliphatic rings.